The lowest BCUT2D eigenvalue weighted by Crippen LogP contribution is -2.11. The van der Waals surface area contributed by atoms with E-state index in [0.717, 1.165) is 6.54 Å². The molecule has 1 saturated heterocycles. The number of para-hydroxylation sites is 1. The van der Waals surface area contributed by atoms with Gasteiger partial charge >= 0.3 is 6.09 Å². The minimum absolute atomic E-state index is 0.296. The van der Waals surface area contributed by atoms with Crippen LogP contribution in [0.4, 0.5) is 10.5 Å². The van der Waals surface area contributed by atoms with Crippen LogP contribution >= 0.6 is 0 Å². The van der Waals surface area contributed by atoms with E-state index in [1.54, 1.807) is 0 Å². The monoisotopic (exact) mass is 220 g/mol. The van der Waals surface area contributed by atoms with Crippen molar-refractivity contribution in [3.63, 3.8) is 0 Å². The zero-order chi connectivity index (χ0) is 11.2. The van der Waals surface area contributed by atoms with Crippen molar-refractivity contribution < 1.29 is 9.53 Å². The fraction of sp³-hybridized carbons (Fsp3) is 0.417. The number of carbonyl (C=O) groups is 1. The highest BCUT2D eigenvalue weighted by Crippen LogP contribution is 2.20. The van der Waals surface area contributed by atoms with Crippen LogP contribution in [0.15, 0.2) is 24.3 Å². The lowest BCUT2D eigenvalue weighted by Gasteiger charge is -2.16. The van der Waals surface area contributed by atoms with Crippen molar-refractivity contribution in [2.75, 3.05) is 25.0 Å². The van der Waals surface area contributed by atoms with Crippen LogP contribution in [0.5, 0.6) is 0 Å². The maximum absolute atomic E-state index is 9.91. The van der Waals surface area contributed by atoms with Gasteiger partial charge in [-0.3, -0.25) is 0 Å². The van der Waals surface area contributed by atoms with E-state index in [1.165, 1.54) is 24.1 Å². The summed E-state index contributed by atoms with van der Waals surface area (Å²) in [5, 5.41) is 5.82. The first-order chi connectivity index (χ1) is 7.86. The summed E-state index contributed by atoms with van der Waals surface area (Å²) in [5.74, 6) is 0. The smallest absolute Gasteiger partial charge is 0.407 e. The van der Waals surface area contributed by atoms with Crippen LogP contribution in [0.2, 0.25) is 0 Å². The van der Waals surface area contributed by atoms with Gasteiger partial charge in [-0.25, -0.2) is 4.79 Å². The van der Waals surface area contributed by atoms with E-state index in [0.29, 0.717) is 13.2 Å². The third kappa shape index (κ3) is 2.89. The van der Waals surface area contributed by atoms with Gasteiger partial charge in [0.2, 0.25) is 0 Å². The average Bonchev–Trinajstić information content (AvgIpc) is 2.81. The molecule has 16 heavy (non-hydrogen) atoms. The molecule has 0 saturated carbocycles. The fourth-order valence-electron chi connectivity index (χ4n) is 1.76. The van der Waals surface area contributed by atoms with Crippen molar-refractivity contribution in [3.8, 4) is 0 Å². The molecule has 2 heterocycles. The molecule has 2 aliphatic heterocycles. The molecule has 2 aliphatic rings. The number of anilines is 1. The lowest BCUT2D eigenvalue weighted by atomic mass is 10.0. The van der Waals surface area contributed by atoms with E-state index >= 15 is 0 Å². The number of nitrogens with one attached hydrogen (secondary N) is 2. The summed E-state index contributed by atoms with van der Waals surface area (Å²) in [5.41, 5.74) is 2.79. The molecule has 2 N–H and O–H groups in total. The average molecular weight is 220 g/mol. The maximum atomic E-state index is 9.91. The van der Waals surface area contributed by atoms with Gasteiger partial charge in [-0.1, -0.05) is 18.2 Å². The Morgan fingerprint density at radius 1 is 1.12 bits per heavy atom. The number of hydrogen-bond acceptors (Lipinski definition) is 3. The van der Waals surface area contributed by atoms with Gasteiger partial charge in [-0.15, -0.1) is 0 Å². The van der Waals surface area contributed by atoms with E-state index in [4.69, 9.17) is 0 Å². The molecule has 1 aromatic rings. The molecule has 3 rings (SSSR count). The summed E-state index contributed by atoms with van der Waals surface area (Å²) >= 11 is 0. The normalized spacial score (nSPS) is 17.1. The van der Waals surface area contributed by atoms with Crippen molar-refractivity contribution >= 4 is 11.8 Å². The highest BCUT2D eigenvalue weighted by Gasteiger charge is 2.06. The highest BCUT2D eigenvalue weighted by atomic mass is 16.6. The van der Waals surface area contributed by atoms with E-state index in [1.807, 2.05) is 0 Å². The van der Waals surface area contributed by atoms with Crippen LogP contribution in [-0.4, -0.2) is 25.8 Å². The van der Waals surface area contributed by atoms with Gasteiger partial charge in [0.25, 0.3) is 0 Å². The molecule has 0 radical (unpaired) electrons. The Labute approximate surface area is 95.0 Å². The molecule has 4 nitrogen and oxygen atoms in total. The Kier molecular flexibility index (Phi) is 3.64. The van der Waals surface area contributed by atoms with Crippen LogP contribution in [0.3, 0.4) is 0 Å². The summed E-state index contributed by atoms with van der Waals surface area (Å²) in [6, 6.07) is 8.53. The number of cyclic esters (lactones) is 1. The van der Waals surface area contributed by atoms with E-state index in [-0.39, 0.29) is 6.09 Å². The number of alkyl carbamates (subject to hydrolysis) is 1. The number of hydrogen-bond donors (Lipinski definition) is 2. The number of carbonyl (C=O) groups excluding carboxylic acids is 1. The Balaban J connectivity index is 0.000000138. The van der Waals surface area contributed by atoms with Crippen molar-refractivity contribution in [2.45, 2.75) is 12.8 Å². The highest BCUT2D eigenvalue weighted by molar-refractivity contribution is 5.68. The van der Waals surface area contributed by atoms with E-state index in [2.05, 4.69) is 39.6 Å². The molecule has 0 spiro atoms. The zero-order valence-corrected chi connectivity index (χ0v) is 9.16. The minimum atomic E-state index is -0.296. The van der Waals surface area contributed by atoms with Gasteiger partial charge in [0, 0.05) is 12.2 Å². The van der Waals surface area contributed by atoms with Gasteiger partial charge in [0.15, 0.2) is 0 Å². The topological polar surface area (TPSA) is 50.4 Å². The Bertz CT molecular complexity index is 333. The van der Waals surface area contributed by atoms with Crippen molar-refractivity contribution in [2.24, 2.45) is 0 Å². The molecule has 1 amide bonds. The van der Waals surface area contributed by atoms with Crippen LogP contribution in [-0.2, 0) is 11.2 Å². The third-order valence-electron chi connectivity index (χ3n) is 2.56. The maximum Gasteiger partial charge on any atom is 0.407 e. The number of benzene rings is 1. The van der Waals surface area contributed by atoms with Crippen molar-refractivity contribution in [3.05, 3.63) is 29.8 Å². The Morgan fingerprint density at radius 2 is 2.00 bits per heavy atom. The van der Waals surface area contributed by atoms with Crippen LogP contribution in [0.1, 0.15) is 12.0 Å². The molecule has 0 aromatic heterocycles. The lowest BCUT2D eigenvalue weighted by molar-refractivity contribution is 0.178. The summed E-state index contributed by atoms with van der Waals surface area (Å²) in [6.45, 7) is 2.33. The van der Waals surface area contributed by atoms with Gasteiger partial charge in [0.1, 0.15) is 6.61 Å². The second kappa shape index (κ2) is 5.39. The molecule has 1 fully saturated rings. The minimum Gasteiger partial charge on any atom is -0.448 e. The molecule has 0 bridgehead atoms. The number of aryl methyl sites for hydroxylation is 1. The predicted molar refractivity (Wildman–Crippen MR) is 62.6 cm³/mol. The van der Waals surface area contributed by atoms with Crippen LogP contribution in [0, 0.1) is 0 Å². The van der Waals surface area contributed by atoms with Gasteiger partial charge in [-0.2, -0.15) is 0 Å². The van der Waals surface area contributed by atoms with E-state index < -0.39 is 0 Å². The van der Waals surface area contributed by atoms with E-state index in [9.17, 15) is 4.79 Å². The Hall–Kier alpha value is -1.71. The number of amides is 1. The first-order valence-electron chi connectivity index (χ1n) is 5.58. The Morgan fingerprint density at radius 3 is 2.62 bits per heavy atom. The van der Waals surface area contributed by atoms with Crippen molar-refractivity contribution in [1.82, 2.24) is 5.32 Å². The molecular weight excluding hydrogens is 204 g/mol. The zero-order valence-electron chi connectivity index (χ0n) is 9.16. The predicted octanol–water partition coefficient (Wildman–Crippen LogP) is 1.77. The SMILES string of the molecule is O=C1NCCO1.c1ccc2c(c1)CCCN2. The molecule has 0 aliphatic carbocycles. The van der Waals surface area contributed by atoms with Crippen LogP contribution < -0.4 is 10.6 Å². The molecule has 0 atom stereocenters. The number of fused-ring (bicyclic) bond motifs is 1. The second-order valence-electron chi connectivity index (χ2n) is 3.75. The largest absolute Gasteiger partial charge is 0.448 e. The third-order valence-corrected chi connectivity index (χ3v) is 2.56. The quantitative estimate of drug-likeness (QED) is 0.700. The van der Waals surface area contributed by atoms with Gasteiger partial charge < -0.3 is 15.4 Å². The van der Waals surface area contributed by atoms with Crippen LogP contribution in [0.25, 0.3) is 0 Å². The van der Waals surface area contributed by atoms with Crippen molar-refractivity contribution in [1.29, 1.82) is 0 Å². The molecule has 86 valence electrons. The molecule has 4 heteroatoms. The van der Waals surface area contributed by atoms with Gasteiger partial charge in [0.05, 0.1) is 6.54 Å². The summed E-state index contributed by atoms with van der Waals surface area (Å²) in [6.07, 6.45) is 2.22. The first-order valence-corrected chi connectivity index (χ1v) is 5.58. The molecular formula is C12H16N2O2. The summed E-state index contributed by atoms with van der Waals surface area (Å²) in [7, 11) is 0. The van der Waals surface area contributed by atoms with Gasteiger partial charge in [-0.05, 0) is 24.5 Å². The fourth-order valence-corrected chi connectivity index (χ4v) is 1.76. The molecule has 1 aromatic carbocycles. The first kappa shape index (κ1) is 10.8. The summed E-state index contributed by atoms with van der Waals surface area (Å²) in [4.78, 5) is 9.91. The number of rotatable bonds is 0. The summed E-state index contributed by atoms with van der Waals surface area (Å²) < 4.78 is 4.40. The standard InChI is InChI=1S/C9H11N.C3H5NO2/c1-2-6-9-8(4-1)5-3-7-10-9;5-3-4-1-2-6-3/h1-2,4,6,10H,3,5,7H2;1-2H2,(H,4,5). The number of ether oxygens (including phenoxy) is 1. The molecule has 0 unspecified atom stereocenters. The second-order valence-corrected chi connectivity index (χ2v) is 3.75.